The van der Waals surface area contributed by atoms with Gasteiger partial charge in [-0.05, 0) is 44.7 Å². The van der Waals surface area contributed by atoms with Gasteiger partial charge in [0.25, 0.3) is 0 Å². The highest BCUT2D eigenvalue weighted by Gasteiger charge is 2.48. The standard InChI is InChI=1S/C15H19F3O2/c1-14(2,3)20-19-13-11-7-5-4-6-10(11)8-9-12(13)15(16,17)18/h4-7,12-13H,8-9H2,1-3H3. The summed E-state index contributed by atoms with van der Waals surface area (Å²) in [5, 5.41) is 0. The summed E-state index contributed by atoms with van der Waals surface area (Å²) in [6.07, 6.45) is -4.95. The molecule has 0 bridgehead atoms. The minimum absolute atomic E-state index is 0.0265. The largest absolute Gasteiger partial charge is 0.394 e. The van der Waals surface area contributed by atoms with Crippen LogP contribution in [-0.2, 0) is 16.2 Å². The minimum atomic E-state index is -4.29. The van der Waals surface area contributed by atoms with Crippen molar-refractivity contribution in [2.45, 2.75) is 51.5 Å². The smallest absolute Gasteiger partial charge is 0.230 e. The normalized spacial score (nSPS) is 23.5. The number of hydrogen-bond acceptors (Lipinski definition) is 2. The molecular formula is C15H19F3O2. The van der Waals surface area contributed by atoms with Crippen LogP contribution in [0.3, 0.4) is 0 Å². The van der Waals surface area contributed by atoms with Gasteiger partial charge in [-0.25, -0.2) is 9.78 Å². The lowest BCUT2D eigenvalue weighted by Crippen LogP contribution is -2.35. The highest BCUT2D eigenvalue weighted by molar-refractivity contribution is 5.32. The first-order chi connectivity index (χ1) is 9.18. The fraction of sp³-hybridized carbons (Fsp3) is 0.600. The first-order valence-electron chi connectivity index (χ1n) is 6.67. The second kappa shape index (κ2) is 5.37. The van der Waals surface area contributed by atoms with E-state index in [-0.39, 0.29) is 6.42 Å². The van der Waals surface area contributed by atoms with Crippen molar-refractivity contribution in [1.29, 1.82) is 0 Å². The van der Waals surface area contributed by atoms with E-state index in [1.165, 1.54) is 0 Å². The van der Waals surface area contributed by atoms with Gasteiger partial charge >= 0.3 is 6.18 Å². The Kier molecular flexibility index (Phi) is 4.12. The lowest BCUT2D eigenvalue weighted by Gasteiger charge is -2.35. The molecule has 112 valence electrons. The van der Waals surface area contributed by atoms with E-state index >= 15 is 0 Å². The van der Waals surface area contributed by atoms with Gasteiger partial charge in [0.2, 0.25) is 0 Å². The summed E-state index contributed by atoms with van der Waals surface area (Å²) in [5.74, 6) is -1.53. The van der Waals surface area contributed by atoms with Crippen molar-refractivity contribution in [3.8, 4) is 0 Å². The van der Waals surface area contributed by atoms with E-state index in [1.54, 1.807) is 32.9 Å². The Morgan fingerprint density at radius 3 is 2.35 bits per heavy atom. The predicted octanol–water partition coefficient (Wildman–Crippen LogP) is 4.60. The summed E-state index contributed by atoms with van der Waals surface area (Å²) in [6, 6.07) is 7.08. The van der Waals surface area contributed by atoms with Crippen molar-refractivity contribution >= 4 is 0 Å². The van der Waals surface area contributed by atoms with Gasteiger partial charge in [0.15, 0.2) is 0 Å². The molecule has 0 N–H and O–H groups in total. The highest BCUT2D eigenvalue weighted by Crippen LogP contribution is 2.46. The van der Waals surface area contributed by atoms with Crippen molar-refractivity contribution in [3.05, 3.63) is 35.4 Å². The zero-order valence-corrected chi connectivity index (χ0v) is 11.8. The number of rotatable bonds is 2. The summed E-state index contributed by atoms with van der Waals surface area (Å²) in [4.78, 5) is 10.3. The number of alkyl halides is 3. The molecule has 1 aliphatic carbocycles. The Morgan fingerprint density at radius 1 is 1.10 bits per heavy atom. The zero-order chi connectivity index (χ0) is 15.0. The van der Waals surface area contributed by atoms with E-state index in [4.69, 9.17) is 9.78 Å². The Bertz CT molecular complexity index is 463. The van der Waals surface area contributed by atoms with Crippen molar-refractivity contribution < 1.29 is 22.9 Å². The third-order valence-electron chi connectivity index (χ3n) is 3.27. The van der Waals surface area contributed by atoms with Crippen molar-refractivity contribution in [1.82, 2.24) is 0 Å². The van der Waals surface area contributed by atoms with E-state index < -0.39 is 23.8 Å². The maximum absolute atomic E-state index is 13.2. The summed E-state index contributed by atoms with van der Waals surface area (Å²) >= 11 is 0. The molecule has 2 rings (SSSR count). The molecule has 20 heavy (non-hydrogen) atoms. The molecule has 0 spiro atoms. The molecule has 1 aromatic carbocycles. The molecule has 0 aromatic heterocycles. The first kappa shape index (κ1) is 15.3. The van der Waals surface area contributed by atoms with Crippen LogP contribution in [0.25, 0.3) is 0 Å². The number of halogens is 3. The molecule has 2 unspecified atom stereocenters. The summed E-state index contributed by atoms with van der Waals surface area (Å²) in [7, 11) is 0. The monoisotopic (exact) mass is 288 g/mol. The number of fused-ring (bicyclic) bond motifs is 1. The Balaban J connectivity index is 2.29. The second-order valence-electron chi connectivity index (χ2n) is 6.10. The third-order valence-corrected chi connectivity index (χ3v) is 3.27. The van der Waals surface area contributed by atoms with Crippen LogP contribution in [0.15, 0.2) is 24.3 Å². The summed E-state index contributed by atoms with van der Waals surface area (Å²) < 4.78 is 39.5. The Labute approximate surface area is 116 Å². The quantitative estimate of drug-likeness (QED) is 0.585. The van der Waals surface area contributed by atoms with Gasteiger partial charge in [0.05, 0.1) is 11.5 Å². The molecule has 1 aliphatic rings. The fourth-order valence-electron chi connectivity index (χ4n) is 2.37. The average molecular weight is 288 g/mol. The molecule has 0 saturated heterocycles. The molecule has 5 heteroatoms. The number of aryl methyl sites for hydroxylation is 1. The third kappa shape index (κ3) is 3.52. The van der Waals surface area contributed by atoms with E-state index in [1.807, 2.05) is 12.1 Å². The first-order valence-corrected chi connectivity index (χ1v) is 6.67. The predicted molar refractivity (Wildman–Crippen MR) is 69.0 cm³/mol. The topological polar surface area (TPSA) is 18.5 Å². The van der Waals surface area contributed by atoms with Gasteiger partial charge in [-0.2, -0.15) is 13.2 Å². The van der Waals surface area contributed by atoms with Gasteiger partial charge in [-0.15, -0.1) is 0 Å². The highest BCUT2D eigenvalue weighted by atomic mass is 19.4. The molecule has 0 saturated carbocycles. The Hall–Kier alpha value is -1.07. The van der Waals surface area contributed by atoms with Gasteiger partial charge in [0, 0.05) is 0 Å². The average Bonchev–Trinajstić information content (AvgIpc) is 2.33. The van der Waals surface area contributed by atoms with Crippen LogP contribution in [0.1, 0.15) is 44.4 Å². The maximum atomic E-state index is 13.2. The van der Waals surface area contributed by atoms with Crippen LogP contribution in [0, 0.1) is 5.92 Å². The fourth-order valence-corrected chi connectivity index (χ4v) is 2.37. The Morgan fingerprint density at radius 2 is 1.75 bits per heavy atom. The molecule has 2 nitrogen and oxygen atoms in total. The van der Waals surface area contributed by atoms with Crippen molar-refractivity contribution in [3.63, 3.8) is 0 Å². The molecule has 0 heterocycles. The minimum Gasteiger partial charge on any atom is -0.230 e. The zero-order valence-electron chi connectivity index (χ0n) is 11.8. The van der Waals surface area contributed by atoms with Crippen LogP contribution in [0.2, 0.25) is 0 Å². The van der Waals surface area contributed by atoms with E-state index in [0.717, 1.165) is 5.56 Å². The molecular weight excluding hydrogens is 269 g/mol. The van der Waals surface area contributed by atoms with Gasteiger partial charge in [-0.3, -0.25) is 0 Å². The molecule has 0 aliphatic heterocycles. The number of hydrogen-bond donors (Lipinski definition) is 0. The lowest BCUT2D eigenvalue weighted by molar-refractivity contribution is -0.398. The summed E-state index contributed by atoms with van der Waals surface area (Å²) in [6.45, 7) is 5.22. The van der Waals surface area contributed by atoms with Crippen LogP contribution < -0.4 is 0 Å². The lowest BCUT2D eigenvalue weighted by atomic mass is 9.81. The maximum Gasteiger partial charge on any atom is 0.394 e. The van der Waals surface area contributed by atoms with E-state index in [9.17, 15) is 13.2 Å². The van der Waals surface area contributed by atoms with Crippen LogP contribution in [0.4, 0.5) is 13.2 Å². The molecule has 0 radical (unpaired) electrons. The van der Waals surface area contributed by atoms with Crippen molar-refractivity contribution in [2.24, 2.45) is 5.92 Å². The van der Waals surface area contributed by atoms with Crippen LogP contribution in [-0.4, -0.2) is 11.8 Å². The molecule has 1 aromatic rings. The van der Waals surface area contributed by atoms with Gasteiger partial charge < -0.3 is 0 Å². The van der Waals surface area contributed by atoms with Crippen LogP contribution >= 0.6 is 0 Å². The van der Waals surface area contributed by atoms with Gasteiger partial charge in [-0.1, -0.05) is 24.3 Å². The van der Waals surface area contributed by atoms with E-state index in [0.29, 0.717) is 12.0 Å². The van der Waals surface area contributed by atoms with Crippen molar-refractivity contribution in [2.75, 3.05) is 0 Å². The second-order valence-corrected chi connectivity index (χ2v) is 6.10. The summed E-state index contributed by atoms with van der Waals surface area (Å²) in [5.41, 5.74) is 0.823. The SMILES string of the molecule is CC(C)(C)OOC1c2ccccc2CCC1C(F)(F)F. The van der Waals surface area contributed by atoms with Gasteiger partial charge in [0.1, 0.15) is 6.10 Å². The molecule has 0 amide bonds. The number of benzene rings is 1. The molecule has 0 fully saturated rings. The van der Waals surface area contributed by atoms with E-state index in [2.05, 4.69) is 0 Å². The van der Waals surface area contributed by atoms with Crippen LogP contribution in [0.5, 0.6) is 0 Å². The molecule has 2 atom stereocenters.